The van der Waals surface area contributed by atoms with Gasteiger partial charge in [0.05, 0.1) is 12.0 Å². The molecule has 0 aliphatic heterocycles. The first kappa shape index (κ1) is 18.6. The summed E-state index contributed by atoms with van der Waals surface area (Å²) in [6, 6.07) is 11.7. The highest BCUT2D eigenvalue weighted by molar-refractivity contribution is 7.92. The molecule has 3 heterocycles. The van der Waals surface area contributed by atoms with Gasteiger partial charge in [-0.15, -0.1) is 10.2 Å². The zero-order valence-electron chi connectivity index (χ0n) is 15.6. The van der Waals surface area contributed by atoms with Gasteiger partial charge in [0, 0.05) is 31.2 Å². The van der Waals surface area contributed by atoms with Crippen molar-refractivity contribution in [2.24, 2.45) is 7.05 Å². The van der Waals surface area contributed by atoms with Crippen LogP contribution in [0.5, 0.6) is 11.6 Å². The van der Waals surface area contributed by atoms with Gasteiger partial charge in [0.2, 0.25) is 5.88 Å². The Hall–Kier alpha value is -3.73. The van der Waals surface area contributed by atoms with E-state index in [1.807, 2.05) is 13.0 Å². The van der Waals surface area contributed by atoms with E-state index in [-0.39, 0.29) is 5.03 Å². The number of ether oxygens (including phenoxy) is 1. The highest BCUT2D eigenvalue weighted by Crippen LogP contribution is 2.23. The quantitative estimate of drug-likeness (QED) is 0.517. The average Bonchev–Trinajstić information content (AvgIpc) is 3.33. The molecule has 0 unspecified atom stereocenters. The summed E-state index contributed by atoms with van der Waals surface area (Å²) in [6.45, 7) is 1.89. The number of nitrogens with one attached hydrogen (secondary N) is 1. The summed E-state index contributed by atoms with van der Waals surface area (Å²) >= 11 is 0. The molecule has 0 amide bonds. The first-order valence-electron chi connectivity index (χ1n) is 8.54. The van der Waals surface area contributed by atoms with Crippen LogP contribution in [-0.4, -0.2) is 37.9 Å². The van der Waals surface area contributed by atoms with Crippen molar-refractivity contribution in [2.75, 3.05) is 4.72 Å². The third-order valence-electron chi connectivity index (χ3n) is 3.87. The molecule has 1 aromatic carbocycles. The number of aromatic nitrogens is 6. The largest absolute Gasteiger partial charge is 0.438 e. The second-order valence-electron chi connectivity index (χ2n) is 6.24. The molecule has 0 atom stereocenters. The van der Waals surface area contributed by atoms with Crippen molar-refractivity contribution in [3.63, 3.8) is 0 Å². The first-order chi connectivity index (χ1) is 13.9. The van der Waals surface area contributed by atoms with Crippen LogP contribution in [-0.2, 0) is 17.1 Å². The third-order valence-corrected chi connectivity index (χ3v) is 5.13. The Bertz CT molecular complexity index is 1230. The van der Waals surface area contributed by atoms with Gasteiger partial charge in [0.1, 0.15) is 5.75 Å². The molecular weight excluding hydrogens is 394 g/mol. The Labute approximate surface area is 166 Å². The molecule has 0 spiro atoms. The van der Waals surface area contributed by atoms with E-state index in [9.17, 15) is 8.42 Å². The normalized spacial score (nSPS) is 11.4. The van der Waals surface area contributed by atoms with E-state index in [0.717, 1.165) is 5.69 Å². The van der Waals surface area contributed by atoms with E-state index in [4.69, 9.17) is 4.74 Å². The number of anilines is 1. The fourth-order valence-corrected chi connectivity index (χ4v) is 3.52. The van der Waals surface area contributed by atoms with E-state index in [1.165, 1.54) is 12.5 Å². The molecule has 4 aromatic rings. The number of nitrogens with zero attached hydrogens (tertiary/aromatic N) is 6. The summed E-state index contributed by atoms with van der Waals surface area (Å²) in [4.78, 5) is 3.85. The minimum absolute atomic E-state index is 0.0527. The van der Waals surface area contributed by atoms with E-state index in [1.54, 1.807) is 58.9 Å². The van der Waals surface area contributed by atoms with Crippen LogP contribution in [0.3, 0.4) is 0 Å². The lowest BCUT2D eigenvalue weighted by molar-refractivity contribution is 0.454. The van der Waals surface area contributed by atoms with Crippen LogP contribution in [0.25, 0.3) is 5.82 Å². The first-order valence-corrected chi connectivity index (χ1v) is 10.0. The van der Waals surface area contributed by atoms with Crippen molar-refractivity contribution < 1.29 is 13.2 Å². The molecule has 148 valence electrons. The SMILES string of the molecule is Cc1ccn(-c2ccc(Oc3ccc(NS(=O)(=O)c4cn(C)cn4)cc3)nn2)n1. The van der Waals surface area contributed by atoms with Crippen LogP contribution in [0.15, 0.2) is 66.2 Å². The van der Waals surface area contributed by atoms with Gasteiger partial charge in [-0.2, -0.15) is 13.5 Å². The second kappa shape index (κ2) is 7.36. The minimum Gasteiger partial charge on any atom is -0.438 e. The van der Waals surface area contributed by atoms with Crippen molar-refractivity contribution in [1.82, 2.24) is 29.5 Å². The van der Waals surface area contributed by atoms with Gasteiger partial charge >= 0.3 is 0 Å². The Morgan fingerprint density at radius 2 is 1.83 bits per heavy atom. The molecule has 10 nitrogen and oxygen atoms in total. The van der Waals surface area contributed by atoms with E-state index in [0.29, 0.717) is 23.1 Å². The molecule has 0 aliphatic rings. The molecule has 0 bridgehead atoms. The maximum absolute atomic E-state index is 12.3. The summed E-state index contributed by atoms with van der Waals surface area (Å²) in [6.07, 6.45) is 4.64. The van der Waals surface area contributed by atoms with Crippen molar-refractivity contribution in [3.05, 3.63) is 66.9 Å². The highest BCUT2D eigenvalue weighted by Gasteiger charge is 2.17. The Morgan fingerprint density at radius 1 is 1.03 bits per heavy atom. The number of benzene rings is 1. The number of hydrogen-bond acceptors (Lipinski definition) is 7. The average molecular weight is 411 g/mol. The van der Waals surface area contributed by atoms with Crippen molar-refractivity contribution in [1.29, 1.82) is 0 Å². The van der Waals surface area contributed by atoms with Gasteiger partial charge in [0.15, 0.2) is 10.8 Å². The lowest BCUT2D eigenvalue weighted by Crippen LogP contribution is -2.13. The summed E-state index contributed by atoms with van der Waals surface area (Å²) in [5.41, 5.74) is 1.27. The van der Waals surface area contributed by atoms with Crippen LogP contribution in [0.1, 0.15) is 5.69 Å². The predicted octanol–water partition coefficient (Wildman–Crippen LogP) is 2.30. The van der Waals surface area contributed by atoms with E-state index < -0.39 is 10.0 Å². The standard InChI is InChI=1S/C18H17N7O3S/c1-13-9-10-25(22-13)16-7-8-17(21-20-16)28-15-5-3-14(4-6-15)23-29(26,27)18-11-24(2)12-19-18/h3-12,23H,1-2H3. The molecule has 0 saturated heterocycles. The third kappa shape index (κ3) is 4.24. The highest BCUT2D eigenvalue weighted by atomic mass is 32.2. The van der Waals surface area contributed by atoms with Gasteiger partial charge in [0.25, 0.3) is 10.0 Å². The molecule has 1 N–H and O–H groups in total. The van der Waals surface area contributed by atoms with Crippen molar-refractivity contribution >= 4 is 15.7 Å². The van der Waals surface area contributed by atoms with Crippen molar-refractivity contribution in [3.8, 4) is 17.4 Å². The van der Waals surface area contributed by atoms with Crippen LogP contribution in [0.2, 0.25) is 0 Å². The van der Waals surface area contributed by atoms with Gasteiger partial charge in [-0.05, 0) is 43.3 Å². The van der Waals surface area contributed by atoms with E-state index in [2.05, 4.69) is 25.0 Å². The topological polar surface area (TPSA) is 117 Å². The molecular formula is C18H17N7O3S. The fraction of sp³-hybridized carbons (Fsp3) is 0.111. The Kier molecular flexibility index (Phi) is 4.72. The molecule has 0 radical (unpaired) electrons. The Morgan fingerprint density at radius 3 is 2.41 bits per heavy atom. The van der Waals surface area contributed by atoms with Crippen LogP contribution >= 0.6 is 0 Å². The zero-order chi connectivity index (χ0) is 20.4. The maximum atomic E-state index is 12.3. The minimum atomic E-state index is -3.75. The van der Waals surface area contributed by atoms with Gasteiger partial charge in [-0.1, -0.05) is 0 Å². The summed E-state index contributed by atoms with van der Waals surface area (Å²) < 4.78 is 35.9. The number of aryl methyl sites for hydroxylation is 2. The number of hydrogen-bond donors (Lipinski definition) is 1. The molecule has 11 heteroatoms. The molecule has 0 aliphatic carbocycles. The fourth-order valence-electron chi connectivity index (χ4n) is 2.48. The molecule has 0 fully saturated rings. The summed E-state index contributed by atoms with van der Waals surface area (Å²) in [5.74, 6) is 1.37. The summed E-state index contributed by atoms with van der Waals surface area (Å²) in [5, 5.41) is 12.3. The van der Waals surface area contributed by atoms with Gasteiger partial charge in [-0.3, -0.25) is 4.72 Å². The van der Waals surface area contributed by atoms with Crippen LogP contribution in [0.4, 0.5) is 5.69 Å². The van der Waals surface area contributed by atoms with E-state index >= 15 is 0 Å². The van der Waals surface area contributed by atoms with Crippen molar-refractivity contribution in [2.45, 2.75) is 11.9 Å². The monoisotopic (exact) mass is 411 g/mol. The predicted molar refractivity (Wildman–Crippen MR) is 104 cm³/mol. The number of imidazole rings is 1. The van der Waals surface area contributed by atoms with Gasteiger partial charge in [-0.25, -0.2) is 9.67 Å². The Balaban J connectivity index is 1.43. The smallest absolute Gasteiger partial charge is 0.280 e. The van der Waals surface area contributed by atoms with Gasteiger partial charge < -0.3 is 9.30 Å². The number of sulfonamides is 1. The molecule has 3 aromatic heterocycles. The molecule has 0 saturated carbocycles. The maximum Gasteiger partial charge on any atom is 0.280 e. The summed E-state index contributed by atoms with van der Waals surface area (Å²) in [7, 11) is -2.05. The van der Waals surface area contributed by atoms with Crippen LogP contribution < -0.4 is 9.46 Å². The lowest BCUT2D eigenvalue weighted by Gasteiger charge is -2.08. The lowest BCUT2D eigenvalue weighted by atomic mass is 10.3. The molecule has 29 heavy (non-hydrogen) atoms. The zero-order valence-corrected chi connectivity index (χ0v) is 16.4. The van der Waals surface area contributed by atoms with Crippen LogP contribution in [0, 0.1) is 6.92 Å². The molecule has 4 rings (SSSR count). The second-order valence-corrected chi connectivity index (χ2v) is 7.87. The number of rotatable bonds is 6.